The average Bonchev–Trinajstić information content (AvgIpc) is 2.88. The van der Waals surface area contributed by atoms with Gasteiger partial charge in [0, 0.05) is 17.8 Å². The second kappa shape index (κ2) is 5.31. The van der Waals surface area contributed by atoms with Crippen LogP contribution in [-0.4, -0.2) is 27.7 Å². The van der Waals surface area contributed by atoms with E-state index in [1.54, 1.807) is 6.08 Å². The van der Waals surface area contributed by atoms with E-state index >= 15 is 0 Å². The van der Waals surface area contributed by atoms with Gasteiger partial charge >= 0.3 is 0 Å². The zero-order chi connectivity index (χ0) is 17.1. The van der Waals surface area contributed by atoms with Crippen LogP contribution < -0.4 is 0 Å². The molecule has 7 atom stereocenters. The number of aliphatic hydroxyl groups excluding tert-OH is 1. The molecule has 3 heteroatoms. The lowest BCUT2D eigenvalue weighted by molar-refractivity contribution is -0.122. The number of hydrogen-bond acceptors (Lipinski definition) is 3. The van der Waals surface area contributed by atoms with Crippen molar-refractivity contribution in [2.45, 2.75) is 57.2 Å². The molecular formula is C21H26O3. The molecule has 0 heterocycles. The van der Waals surface area contributed by atoms with E-state index in [-0.39, 0.29) is 29.5 Å². The first-order chi connectivity index (χ1) is 11.5. The third kappa shape index (κ3) is 1.90. The number of terminal acetylenes is 1. The molecule has 3 nitrogen and oxygen atoms in total. The number of carbonyl (C=O) groups excluding carboxylic acids is 1. The lowest BCUT2D eigenvalue weighted by Gasteiger charge is -2.56. The molecule has 2 N–H and O–H groups in total. The first-order valence-electron chi connectivity index (χ1n) is 9.26. The van der Waals surface area contributed by atoms with E-state index in [1.807, 2.05) is 6.08 Å². The van der Waals surface area contributed by atoms with E-state index < -0.39 is 11.7 Å². The van der Waals surface area contributed by atoms with Crippen LogP contribution >= 0.6 is 0 Å². The van der Waals surface area contributed by atoms with E-state index in [2.05, 4.69) is 18.9 Å². The van der Waals surface area contributed by atoms with Crippen molar-refractivity contribution >= 4 is 5.78 Å². The minimum atomic E-state index is -1.14. The van der Waals surface area contributed by atoms with Crippen molar-refractivity contribution < 1.29 is 15.0 Å². The summed E-state index contributed by atoms with van der Waals surface area (Å²) in [5.74, 6) is 3.94. The van der Waals surface area contributed by atoms with E-state index in [0.29, 0.717) is 11.8 Å². The first kappa shape index (κ1) is 16.1. The number of fused-ring (bicyclic) bond motifs is 5. The molecule has 4 aliphatic carbocycles. The van der Waals surface area contributed by atoms with Gasteiger partial charge in [0.25, 0.3) is 0 Å². The largest absolute Gasteiger partial charge is 0.392 e. The Labute approximate surface area is 143 Å². The van der Waals surface area contributed by atoms with Gasteiger partial charge < -0.3 is 10.2 Å². The molecule has 128 valence electrons. The third-order valence-electron chi connectivity index (χ3n) is 7.55. The van der Waals surface area contributed by atoms with Crippen molar-refractivity contribution in [2.24, 2.45) is 29.1 Å². The SMILES string of the molecule is C#C[C@]1(O)C=C[C@H]2[C@@H]3CCC4=CC(=O)C[C@H](O)[C@@H]4[C@H]3CC[C@@]21CC. The molecule has 2 fully saturated rings. The van der Waals surface area contributed by atoms with Crippen LogP contribution in [0, 0.1) is 41.4 Å². The van der Waals surface area contributed by atoms with E-state index in [9.17, 15) is 15.0 Å². The predicted octanol–water partition coefficient (Wildman–Crippen LogP) is 2.63. The lowest BCUT2D eigenvalue weighted by atomic mass is 9.49. The van der Waals surface area contributed by atoms with Gasteiger partial charge in [0.15, 0.2) is 5.78 Å². The maximum Gasteiger partial charge on any atom is 0.158 e. The van der Waals surface area contributed by atoms with Gasteiger partial charge in [0.05, 0.1) is 6.10 Å². The molecular weight excluding hydrogens is 300 g/mol. The van der Waals surface area contributed by atoms with Crippen LogP contribution in [0.15, 0.2) is 23.8 Å². The molecule has 4 aliphatic rings. The third-order valence-corrected chi connectivity index (χ3v) is 7.55. The summed E-state index contributed by atoms with van der Waals surface area (Å²) in [5.41, 5.74) is -0.257. The highest BCUT2D eigenvalue weighted by Gasteiger charge is 2.61. The Morgan fingerprint density at radius 2 is 2.17 bits per heavy atom. The normalized spacial score (nSPS) is 49.7. The minimum absolute atomic E-state index is 0.0633. The van der Waals surface area contributed by atoms with Crippen LogP contribution in [0.5, 0.6) is 0 Å². The standard InChI is InChI=1S/C21H26O3/c1-3-20-9-7-16-15(17(20)8-10-21(20,24)4-2)6-5-13-11-14(22)12-18(23)19(13)16/h2,8,10-11,15-19,23-24H,3,5-7,9,12H2,1H3/t15-,16+,17+,18+,19+,20+,21+/m1/s1. The molecule has 0 saturated heterocycles. The Balaban J connectivity index is 1.71. The second-order valence-corrected chi connectivity index (χ2v) is 8.19. The number of carbonyl (C=O) groups is 1. The van der Waals surface area contributed by atoms with Crippen molar-refractivity contribution in [1.29, 1.82) is 0 Å². The van der Waals surface area contributed by atoms with Gasteiger partial charge in [0.2, 0.25) is 0 Å². The molecule has 2 saturated carbocycles. The summed E-state index contributed by atoms with van der Waals surface area (Å²) < 4.78 is 0. The maximum atomic E-state index is 11.8. The Kier molecular flexibility index (Phi) is 3.57. The van der Waals surface area contributed by atoms with Crippen molar-refractivity contribution in [2.75, 3.05) is 0 Å². The summed E-state index contributed by atoms with van der Waals surface area (Å²) in [6.45, 7) is 2.13. The number of ketones is 1. The molecule has 0 amide bonds. The average molecular weight is 326 g/mol. The van der Waals surface area contributed by atoms with Crippen LogP contribution in [0.4, 0.5) is 0 Å². The van der Waals surface area contributed by atoms with Gasteiger partial charge in [-0.2, -0.15) is 0 Å². The molecule has 0 aromatic carbocycles. The van der Waals surface area contributed by atoms with Gasteiger partial charge in [-0.3, -0.25) is 4.79 Å². The molecule has 0 radical (unpaired) electrons. The van der Waals surface area contributed by atoms with Crippen molar-refractivity contribution in [3.63, 3.8) is 0 Å². The molecule has 0 aromatic heterocycles. The van der Waals surface area contributed by atoms with Crippen molar-refractivity contribution in [1.82, 2.24) is 0 Å². The number of allylic oxidation sites excluding steroid dienone is 2. The molecule has 0 aliphatic heterocycles. The van der Waals surface area contributed by atoms with Crippen molar-refractivity contribution in [3.8, 4) is 12.3 Å². The molecule has 0 spiro atoms. The molecule has 0 unspecified atom stereocenters. The highest BCUT2D eigenvalue weighted by Crippen LogP contribution is 2.63. The minimum Gasteiger partial charge on any atom is -0.392 e. The van der Waals surface area contributed by atoms with Gasteiger partial charge in [0.1, 0.15) is 5.60 Å². The number of hydrogen-bond donors (Lipinski definition) is 2. The monoisotopic (exact) mass is 326 g/mol. The fourth-order valence-corrected chi connectivity index (χ4v) is 6.45. The molecule has 24 heavy (non-hydrogen) atoms. The fourth-order valence-electron chi connectivity index (χ4n) is 6.45. The molecule has 0 bridgehead atoms. The Hall–Kier alpha value is -1.37. The zero-order valence-electron chi connectivity index (χ0n) is 14.2. The topological polar surface area (TPSA) is 57.5 Å². The van der Waals surface area contributed by atoms with Crippen LogP contribution in [-0.2, 0) is 4.79 Å². The van der Waals surface area contributed by atoms with Crippen LogP contribution in [0.25, 0.3) is 0 Å². The number of rotatable bonds is 1. The molecule has 0 aromatic rings. The van der Waals surface area contributed by atoms with Gasteiger partial charge in [-0.1, -0.05) is 24.5 Å². The van der Waals surface area contributed by atoms with Gasteiger partial charge in [-0.15, -0.1) is 6.42 Å². The Bertz CT molecular complexity index is 669. The van der Waals surface area contributed by atoms with E-state index in [4.69, 9.17) is 6.42 Å². The highest BCUT2D eigenvalue weighted by atomic mass is 16.3. The molecule has 4 rings (SSSR count). The van der Waals surface area contributed by atoms with Crippen molar-refractivity contribution in [3.05, 3.63) is 23.8 Å². The maximum absolute atomic E-state index is 11.8. The smallest absolute Gasteiger partial charge is 0.158 e. The zero-order valence-corrected chi connectivity index (χ0v) is 14.2. The van der Waals surface area contributed by atoms with Gasteiger partial charge in [-0.25, -0.2) is 0 Å². The van der Waals surface area contributed by atoms with Crippen LogP contribution in [0.3, 0.4) is 0 Å². The second-order valence-electron chi connectivity index (χ2n) is 8.19. The summed E-state index contributed by atoms with van der Waals surface area (Å²) in [5, 5.41) is 21.6. The Morgan fingerprint density at radius 3 is 2.88 bits per heavy atom. The van der Waals surface area contributed by atoms with Crippen LogP contribution in [0.2, 0.25) is 0 Å². The van der Waals surface area contributed by atoms with Crippen LogP contribution in [0.1, 0.15) is 45.4 Å². The summed E-state index contributed by atoms with van der Waals surface area (Å²) in [6.07, 6.45) is 15.8. The van der Waals surface area contributed by atoms with E-state index in [0.717, 1.165) is 37.7 Å². The fraction of sp³-hybridized carbons (Fsp3) is 0.667. The van der Waals surface area contributed by atoms with E-state index in [1.165, 1.54) is 0 Å². The predicted molar refractivity (Wildman–Crippen MR) is 91.8 cm³/mol. The quantitative estimate of drug-likeness (QED) is 0.575. The number of aliphatic hydroxyl groups is 2. The van der Waals surface area contributed by atoms with Gasteiger partial charge in [-0.05, 0) is 62.0 Å². The highest BCUT2D eigenvalue weighted by molar-refractivity contribution is 5.92. The summed E-state index contributed by atoms with van der Waals surface area (Å²) in [7, 11) is 0. The first-order valence-corrected chi connectivity index (χ1v) is 9.26. The lowest BCUT2D eigenvalue weighted by Crippen LogP contribution is -2.55. The summed E-state index contributed by atoms with van der Waals surface area (Å²) in [4.78, 5) is 11.8. The summed E-state index contributed by atoms with van der Waals surface area (Å²) in [6, 6.07) is 0. The summed E-state index contributed by atoms with van der Waals surface area (Å²) >= 11 is 0. The Morgan fingerprint density at radius 1 is 1.38 bits per heavy atom.